The van der Waals surface area contributed by atoms with Crippen molar-refractivity contribution in [1.82, 2.24) is 9.88 Å². The maximum Gasteiger partial charge on any atom is 0.311 e. The highest BCUT2D eigenvalue weighted by molar-refractivity contribution is 5.87. The van der Waals surface area contributed by atoms with Gasteiger partial charge in [-0.15, -0.1) is 12.4 Å². The van der Waals surface area contributed by atoms with Crippen LogP contribution in [0.4, 0.5) is 0 Å². The summed E-state index contributed by atoms with van der Waals surface area (Å²) in [5.41, 5.74) is -0.785. The molecule has 7 heteroatoms. The van der Waals surface area contributed by atoms with Crippen LogP contribution < -0.4 is 15.6 Å². The first-order valence-electron chi connectivity index (χ1n) is 9.56. The number of rotatable bonds is 6. The number of hydrogen-bond acceptors (Lipinski definition) is 5. The summed E-state index contributed by atoms with van der Waals surface area (Å²) in [6.45, 7) is 12.3. The Labute approximate surface area is 179 Å². The summed E-state index contributed by atoms with van der Waals surface area (Å²) in [4.78, 5) is 24.7. The lowest BCUT2D eigenvalue weighted by Crippen LogP contribution is -2.45. The number of pyridine rings is 1. The standard InChI is InChI=1S/C22H32N2O4.ClH/c1-21(2,3)20(26)28-15(12-23-22(4,5)6)14-27-18-13-24(7)19(25)17-11-9-8-10-16(17)18;/h8-11,13,15,23H,12,14H2,1-7H3;1H. The lowest BCUT2D eigenvalue weighted by molar-refractivity contribution is -0.160. The van der Waals surface area contributed by atoms with Gasteiger partial charge >= 0.3 is 5.97 Å². The molecule has 6 nitrogen and oxygen atoms in total. The van der Waals surface area contributed by atoms with Crippen molar-refractivity contribution >= 4 is 29.1 Å². The molecule has 0 amide bonds. The van der Waals surface area contributed by atoms with Gasteiger partial charge in [-0.05, 0) is 47.6 Å². The van der Waals surface area contributed by atoms with Crippen molar-refractivity contribution in [2.45, 2.75) is 53.2 Å². The van der Waals surface area contributed by atoms with Crippen LogP contribution in [0.5, 0.6) is 5.75 Å². The normalized spacial score (nSPS) is 12.9. The Bertz CT molecular complexity index is 894. The number of benzene rings is 1. The second-order valence-corrected chi connectivity index (χ2v) is 9.17. The van der Waals surface area contributed by atoms with Gasteiger partial charge < -0.3 is 19.4 Å². The number of fused-ring (bicyclic) bond motifs is 1. The molecule has 1 heterocycles. The summed E-state index contributed by atoms with van der Waals surface area (Å²) in [6.07, 6.45) is 1.21. The molecular formula is C22H33ClN2O4. The van der Waals surface area contributed by atoms with Gasteiger partial charge in [-0.3, -0.25) is 9.59 Å². The molecule has 0 saturated heterocycles. The van der Waals surface area contributed by atoms with Crippen LogP contribution in [0, 0.1) is 5.41 Å². The van der Waals surface area contributed by atoms with Crippen molar-refractivity contribution in [1.29, 1.82) is 0 Å². The van der Waals surface area contributed by atoms with E-state index in [0.29, 0.717) is 17.7 Å². The van der Waals surface area contributed by atoms with E-state index in [1.807, 2.05) is 39.0 Å². The lowest BCUT2D eigenvalue weighted by atomic mass is 9.97. The Morgan fingerprint density at radius 1 is 1.10 bits per heavy atom. The molecule has 29 heavy (non-hydrogen) atoms. The first-order valence-corrected chi connectivity index (χ1v) is 9.56. The summed E-state index contributed by atoms with van der Waals surface area (Å²) < 4.78 is 13.2. The predicted octanol–water partition coefficient (Wildman–Crippen LogP) is 3.69. The monoisotopic (exact) mass is 424 g/mol. The van der Waals surface area contributed by atoms with Crippen LogP contribution in [0.15, 0.2) is 35.3 Å². The smallest absolute Gasteiger partial charge is 0.311 e. The molecule has 2 rings (SSSR count). The summed E-state index contributed by atoms with van der Waals surface area (Å²) in [7, 11) is 1.69. The Kier molecular flexibility index (Phi) is 8.30. The molecule has 0 aliphatic heterocycles. The average molecular weight is 425 g/mol. The Morgan fingerprint density at radius 3 is 2.24 bits per heavy atom. The highest BCUT2D eigenvalue weighted by atomic mass is 35.5. The molecule has 1 aromatic heterocycles. The zero-order chi connectivity index (χ0) is 21.1. The fourth-order valence-electron chi connectivity index (χ4n) is 2.56. The topological polar surface area (TPSA) is 69.6 Å². The number of halogens is 1. The largest absolute Gasteiger partial charge is 0.487 e. The first-order chi connectivity index (χ1) is 12.9. The minimum absolute atomic E-state index is 0. The minimum atomic E-state index is -0.594. The van der Waals surface area contributed by atoms with Gasteiger partial charge in [0, 0.05) is 30.7 Å². The Hall–Kier alpha value is -2.05. The second-order valence-electron chi connectivity index (χ2n) is 9.17. The first kappa shape index (κ1) is 25.0. The molecule has 1 N–H and O–H groups in total. The van der Waals surface area contributed by atoms with Gasteiger partial charge in [-0.25, -0.2) is 0 Å². The number of esters is 1. The maximum atomic E-state index is 12.4. The number of ether oxygens (including phenoxy) is 2. The Balaban J connectivity index is 0.00000420. The lowest BCUT2D eigenvalue weighted by Gasteiger charge is -2.27. The molecular weight excluding hydrogens is 392 g/mol. The molecule has 0 bridgehead atoms. The van der Waals surface area contributed by atoms with Gasteiger partial charge in [-0.2, -0.15) is 0 Å². The van der Waals surface area contributed by atoms with Crippen LogP contribution in [0.1, 0.15) is 41.5 Å². The maximum absolute atomic E-state index is 12.4. The summed E-state index contributed by atoms with van der Waals surface area (Å²) in [5.74, 6) is 0.312. The van der Waals surface area contributed by atoms with Crippen molar-refractivity contribution in [3.8, 4) is 5.75 Å². The van der Waals surface area contributed by atoms with E-state index in [4.69, 9.17) is 9.47 Å². The van der Waals surface area contributed by atoms with Crippen LogP contribution in [-0.2, 0) is 16.6 Å². The van der Waals surface area contributed by atoms with Crippen LogP contribution in [0.2, 0.25) is 0 Å². The number of carbonyl (C=O) groups excluding carboxylic acids is 1. The molecule has 162 valence electrons. The van der Waals surface area contributed by atoms with E-state index in [9.17, 15) is 9.59 Å². The zero-order valence-electron chi connectivity index (χ0n) is 18.4. The average Bonchev–Trinajstić information content (AvgIpc) is 2.59. The molecule has 1 atom stereocenters. The van der Waals surface area contributed by atoms with E-state index >= 15 is 0 Å². The molecule has 1 aromatic carbocycles. The minimum Gasteiger partial charge on any atom is -0.487 e. The van der Waals surface area contributed by atoms with Gasteiger partial charge in [-0.1, -0.05) is 18.2 Å². The summed E-state index contributed by atoms with van der Waals surface area (Å²) in [6, 6.07) is 7.33. The van der Waals surface area contributed by atoms with E-state index < -0.39 is 11.5 Å². The highest BCUT2D eigenvalue weighted by Gasteiger charge is 2.27. The van der Waals surface area contributed by atoms with Crippen molar-refractivity contribution in [2.75, 3.05) is 13.2 Å². The molecule has 2 aromatic rings. The Morgan fingerprint density at radius 2 is 1.69 bits per heavy atom. The van der Waals surface area contributed by atoms with E-state index in [0.717, 1.165) is 5.39 Å². The summed E-state index contributed by atoms with van der Waals surface area (Å²) >= 11 is 0. The third kappa shape index (κ3) is 7.05. The molecule has 1 unspecified atom stereocenters. The van der Waals surface area contributed by atoms with Crippen molar-refractivity contribution < 1.29 is 14.3 Å². The fourth-order valence-corrected chi connectivity index (χ4v) is 2.56. The number of nitrogens with zero attached hydrogens (tertiary/aromatic N) is 1. The molecule has 0 radical (unpaired) electrons. The number of hydrogen-bond donors (Lipinski definition) is 1. The van der Waals surface area contributed by atoms with E-state index in [1.165, 1.54) is 4.57 Å². The number of aryl methyl sites for hydroxylation is 1. The van der Waals surface area contributed by atoms with Crippen molar-refractivity contribution in [2.24, 2.45) is 12.5 Å². The third-order valence-corrected chi connectivity index (χ3v) is 4.23. The van der Waals surface area contributed by atoms with E-state index in [2.05, 4.69) is 26.1 Å². The van der Waals surface area contributed by atoms with Crippen molar-refractivity contribution in [3.63, 3.8) is 0 Å². The number of carbonyl (C=O) groups is 1. The zero-order valence-corrected chi connectivity index (χ0v) is 19.2. The SMILES string of the molecule is Cl.Cn1cc(OCC(CNC(C)(C)C)OC(=O)C(C)(C)C)c2ccccc2c1=O. The van der Waals surface area contributed by atoms with Gasteiger partial charge in [0.25, 0.3) is 5.56 Å². The number of nitrogens with one attached hydrogen (secondary N) is 1. The van der Waals surface area contributed by atoms with E-state index in [1.54, 1.807) is 19.3 Å². The highest BCUT2D eigenvalue weighted by Crippen LogP contribution is 2.23. The van der Waals surface area contributed by atoms with Crippen LogP contribution in [-0.4, -0.2) is 35.3 Å². The van der Waals surface area contributed by atoms with Crippen LogP contribution >= 0.6 is 12.4 Å². The third-order valence-electron chi connectivity index (χ3n) is 4.23. The summed E-state index contributed by atoms with van der Waals surface area (Å²) in [5, 5.41) is 4.70. The molecule has 0 saturated carbocycles. The van der Waals surface area contributed by atoms with E-state index in [-0.39, 0.29) is 36.1 Å². The van der Waals surface area contributed by atoms with Gasteiger partial charge in [0.2, 0.25) is 0 Å². The fraction of sp³-hybridized carbons (Fsp3) is 0.545. The number of aromatic nitrogens is 1. The molecule has 0 aliphatic rings. The predicted molar refractivity (Wildman–Crippen MR) is 119 cm³/mol. The van der Waals surface area contributed by atoms with Gasteiger partial charge in [0.1, 0.15) is 18.5 Å². The molecule has 0 fully saturated rings. The van der Waals surface area contributed by atoms with Crippen LogP contribution in [0.3, 0.4) is 0 Å². The van der Waals surface area contributed by atoms with Gasteiger partial charge in [0.15, 0.2) is 0 Å². The van der Waals surface area contributed by atoms with Crippen LogP contribution in [0.25, 0.3) is 10.8 Å². The molecule has 0 spiro atoms. The second kappa shape index (κ2) is 9.63. The quantitative estimate of drug-likeness (QED) is 0.716. The molecule has 0 aliphatic carbocycles. The van der Waals surface area contributed by atoms with Crippen molar-refractivity contribution in [3.05, 3.63) is 40.8 Å². The van der Waals surface area contributed by atoms with Gasteiger partial charge in [0.05, 0.1) is 10.8 Å².